The molecule has 0 N–H and O–H groups in total. The van der Waals surface area contributed by atoms with Gasteiger partial charge in [-0.05, 0) is 52.4 Å². The quantitative estimate of drug-likeness (QED) is 0.457. The normalized spacial score (nSPS) is 16.1. The van der Waals surface area contributed by atoms with Crippen molar-refractivity contribution in [3.8, 4) is 0 Å². The Morgan fingerprint density at radius 3 is 2.60 bits per heavy atom. The van der Waals surface area contributed by atoms with Crippen molar-refractivity contribution in [2.75, 3.05) is 0 Å². The zero-order valence-corrected chi connectivity index (χ0v) is 12.6. The maximum Gasteiger partial charge on any atom is 0.363 e. The number of halogens is 1. The number of esters is 1. The summed E-state index contributed by atoms with van der Waals surface area (Å²) in [6.07, 6.45) is 1.73. The summed E-state index contributed by atoms with van der Waals surface area (Å²) < 4.78 is 6.30. The summed E-state index contributed by atoms with van der Waals surface area (Å²) in [5.74, 6) is -0.0570. The van der Waals surface area contributed by atoms with Crippen molar-refractivity contribution in [1.29, 1.82) is 0 Å². The number of carbonyl (C=O) groups is 1. The first-order valence-corrected chi connectivity index (χ1v) is 7.14. The summed E-state index contributed by atoms with van der Waals surface area (Å²) in [5.41, 5.74) is 2.05. The molecule has 1 heterocycles. The van der Waals surface area contributed by atoms with Crippen LogP contribution in [0.4, 0.5) is 0 Å². The molecule has 3 nitrogen and oxygen atoms in total. The van der Waals surface area contributed by atoms with Gasteiger partial charge in [-0.1, -0.05) is 36.4 Å². The van der Waals surface area contributed by atoms with Gasteiger partial charge in [0.15, 0.2) is 5.70 Å². The van der Waals surface area contributed by atoms with Crippen LogP contribution in [-0.4, -0.2) is 11.9 Å². The molecule has 0 aromatic heterocycles. The summed E-state index contributed by atoms with van der Waals surface area (Å²) in [7, 11) is 0. The third-order valence-corrected chi connectivity index (χ3v) is 3.47. The highest BCUT2D eigenvalue weighted by molar-refractivity contribution is 14.1. The maximum absolute atomic E-state index is 11.8. The number of rotatable bonds is 2. The Morgan fingerprint density at radius 2 is 1.85 bits per heavy atom. The van der Waals surface area contributed by atoms with Crippen molar-refractivity contribution in [2.45, 2.75) is 0 Å². The van der Waals surface area contributed by atoms with Gasteiger partial charge in [-0.15, -0.1) is 0 Å². The first-order valence-electron chi connectivity index (χ1n) is 6.06. The number of nitrogens with zero attached hydrogens (tertiary/aromatic N) is 1. The maximum atomic E-state index is 11.8. The predicted molar refractivity (Wildman–Crippen MR) is 86.2 cm³/mol. The molecule has 0 spiro atoms. The van der Waals surface area contributed by atoms with Gasteiger partial charge in [0, 0.05) is 9.13 Å². The molecule has 2 aromatic carbocycles. The van der Waals surface area contributed by atoms with E-state index in [1.54, 1.807) is 6.08 Å². The molecule has 4 heteroatoms. The molecule has 98 valence electrons. The van der Waals surface area contributed by atoms with E-state index in [2.05, 4.69) is 27.6 Å². The Bertz CT molecular complexity index is 720. The van der Waals surface area contributed by atoms with Gasteiger partial charge >= 0.3 is 5.97 Å². The average molecular weight is 375 g/mol. The average Bonchev–Trinajstić information content (AvgIpc) is 2.81. The van der Waals surface area contributed by atoms with Crippen molar-refractivity contribution in [1.82, 2.24) is 0 Å². The number of cyclic esters (lactones) is 1. The predicted octanol–water partition coefficient (Wildman–Crippen LogP) is 3.64. The zero-order valence-electron chi connectivity index (χ0n) is 10.4. The number of benzene rings is 2. The first kappa shape index (κ1) is 13.1. The van der Waals surface area contributed by atoms with Gasteiger partial charge < -0.3 is 4.74 Å². The van der Waals surface area contributed by atoms with E-state index in [-0.39, 0.29) is 0 Å². The molecular formula is C16H10INO2. The van der Waals surface area contributed by atoms with Crippen molar-refractivity contribution >= 4 is 40.5 Å². The minimum Gasteiger partial charge on any atom is -0.402 e. The van der Waals surface area contributed by atoms with Crippen molar-refractivity contribution < 1.29 is 9.53 Å². The van der Waals surface area contributed by atoms with Crippen molar-refractivity contribution in [3.63, 3.8) is 0 Å². The minimum atomic E-state index is -0.414. The fraction of sp³-hybridized carbons (Fsp3) is 0. The topological polar surface area (TPSA) is 38.7 Å². The molecule has 0 saturated carbocycles. The summed E-state index contributed by atoms with van der Waals surface area (Å²) >= 11 is 2.21. The van der Waals surface area contributed by atoms with Crippen LogP contribution in [0, 0.1) is 3.57 Å². The molecule has 0 atom stereocenters. The number of ether oxygens (including phenoxy) is 1. The molecular weight excluding hydrogens is 365 g/mol. The van der Waals surface area contributed by atoms with E-state index >= 15 is 0 Å². The Labute approximate surface area is 130 Å². The second-order valence-electron chi connectivity index (χ2n) is 4.26. The van der Waals surface area contributed by atoms with Gasteiger partial charge in [-0.3, -0.25) is 0 Å². The van der Waals surface area contributed by atoms with Crippen LogP contribution >= 0.6 is 22.6 Å². The van der Waals surface area contributed by atoms with E-state index in [4.69, 9.17) is 4.74 Å². The molecule has 2 aromatic rings. The SMILES string of the molecule is O=C1OC(c2cccc(I)c2)=NC1=Cc1ccccc1. The number of hydrogen-bond acceptors (Lipinski definition) is 3. The van der Waals surface area contributed by atoms with Crippen LogP contribution in [0.3, 0.4) is 0 Å². The first-order chi connectivity index (χ1) is 9.72. The van der Waals surface area contributed by atoms with Crippen molar-refractivity contribution in [2.24, 2.45) is 4.99 Å². The lowest BCUT2D eigenvalue weighted by Crippen LogP contribution is -2.05. The molecule has 0 radical (unpaired) electrons. The van der Waals surface area contributed by atoms with E-state index in [1.807, 2.05) is 54.6 Å². The second-order valence-corrected chi connectivity index (χ2v) is 5.50. The lowest BCUT2D eigenvalue weighted by atomic mass is 10.2. The van der Waals surface area contributed by atoms with Crippen LogP contribution in [0.1, 0.15) is 11.1 Å². The fourth-order valence-corrected chi connectivity index (χ4v) is 2.40. The minimum absolute atomic E-state index is 0.324. The highest BCUT2D eigenvalue weighted by Crippen LogP contribution is 2.20. The molecule has 0 aliphatic carbocycles. The van der Waals surface area contributed by atoms with Crippen LogP contribution in [0.2, 0.25) is 0 Å². The van der Waals surface area contributed by atoms with E-state index in [0.29, 0.717) is 11.6 Å². The zero-order chi connectivity index (χ0) is 13.9. The van der Waals surface area contributed by atoms with Gasteiger partial charge in [-0.25, -0.2) is 9.79 Å². The molecule has 0 fully saturated rings. The number of aliphatic imine (C=N–C) groups is 1. The van der Waals surface area contributed by atoms with Crippen LogP contribution in [0.5, 0.6) is 0 Å². The van der Waals surface area contributed by atoms with Gasteiger partial charge in [0.1, 0.15) is 0 Å². The summed E-state index contributed by atoms with van der Waals surface area (Å²) in [4.78, 5) is 16.1. The van der Waals surface area contributed by atoms with E-state index in [1.165, 1.54) is 0 Å². The molecule has 0 bridgehead atoms. The standard InChI is InChI=1S/C16H10INO2/c17-13-8-4-7-12(10-13)15-18-14(16(19)20-15)9-11-5-2-1-3-6-11/h1-10H. The molecule has 3 rings (SSSR count). The molecule has 1 aliphatic heterocycles. The molecule has 20 heavy (non-hydrogen) atoms. The van der Waals surface area contributed by atoms with Crippen molar-refractivity contribution in [3.05, 3.63) is 75.0 Å². The second kappa shape index (κ2) is 5.58. The third-order valence-electron chi connectivity index (χ3n) is 2.80. The molecule has 0 saturated heterocycles. The summed E-state index contributed by atoms with van der Waals surface area (Å²) in [6.45, 7) is 0. The van der Waals surface area contributed by atoms with Crippen LogP contribution in [0.25, 0.3) is 6.08 Å². The molecule has 0 unspecified atom stereocenters. The van der Waals surface area contributed by atoms with Crippen LogP contribution < -0.4 is 0 Å². The highest BCUT2D eigenvalue weighted by Gasteiger charge is 2.24. The van der Waals surface area contributed by atoms with Gasteiger partial charge in [-0.2, -0.15) is 0 Å². The van der Waals surface area contributed by atoms with Crippen LogP contribution in [-0.2, 0) is 9.53 Å². The molecule has 1 aliphatic rings. The van der Waals surface area contributed by atoms with Gasteiger partial charge in [0.05, 0.1) is 0 Å². The molecule has 0 amide bonds. The number of hydrogen-bond donors (Lipinski definition) is 0. The Balaban J connectivity index is 1.95. The van der Waals surface area contributed by atoms with Gasteiger partial charge in [0.2, 0.25) is 5.90 Å². The van der Waals surface area contributed by atoms with E-state index in [9.17, 15) is 4.79 Å². The summed E-state index contributed by atoms with van der Waals surface area (Å²) in [5, 5.41) is 0. The monoisotopic (exact) mass is 375 g/mol. The Kier molecular flexibility index (Phi) is 3.64. The lowest BCUT2D eigenvalue weighted by Gasteiger charge is -1.99. The fourth-order valence-electron chi connectivity index (χ4n) is 1.86. The highest BCUT2D eigenvalue weighted by atomic mass is 127. The smallest absolute Gasteiger partial charge is 0.363 e. The summed E-state index contributed by atoms with van der Waals surface area (Å²) in [6, 6.07) is 17.3. The van der Waals surface area contributed by atoms with E-state index < -0.39 is 5.97 Å². The van der Waals surface area contributed by atoms with Crippen LogP contribution in [0.15, 0.2) is 65.3 Å². The third kappa shape index (κ3) is 2.80. The van der Waals surface area contributed by atoms with Gasteiger partial charge in [0.25, 0.3) is 0 Å². The Hall–Kier alpha value is -1.95. The number of carbonyl (C=O) groups excluding carboxylic acids is 1. The largest absolute Gasteiger partial charge is 0.402 e. The van der Waals surface area contributed by atoms with E-state index in [0.717, 1.165) is 14.7 Å². The Morgan fingerprint density at radius 1 is 1.05 bits per heavy atom. The lowest BCUT2D eigenvalue weighted by molar-refractivity contribution is -0.129.